The molecule has 7 nitrogen and oxygen atoms in total. The molecule has 2 aromatic carbocycles. The Morgan fingerprint density at radius 3 is 2.63 bits per heavy atom. The molecule has 11 heteroatoms. The Morgan fingerprint density at radius 1 is 1.18 bits per heavy atom. The minimum atomic E-state index is -4.71. The first-order valence-corrected chi connectivity index (χ1v) is 12.7. The van der Waals surface area contributed by atoms with Crippen LogP contribution in [0, 0.1) is 11.3 Å². The minimum absolute atomic E-state index is 0.0829. The first-order chi connectivity index (χ1) is 18.2. The Morgan fingerprint density at radius 2 is 1.95 bits per heavy atom. The van der Waals surface area contributed by atoms with Crippen LogP contribution < -0.4 is 5.32 Å². The number of aryl methyl sites for hydroxylation is 2. The minimum Gasteiger partial charge on any atom is -0.378 e. The van der Waals surface area contributed by atoms with Crippen molar-refractivity contribution in [2.75, 3.05) is 0 Å². The topological polar surface area (TPSA) is 112 Å². The molecule has 0 bridgehead atoms. The number of carbonyl (C=O) groups is 1. The number of thiazole rings is 1. The first kappa shape index (κ1) is 24.3. The Bertz CT molecular complexity index is 1600. The fraction of sp³-hybridized carbons (Fsp3) is 0.259. The zero-order chi connectivity index (χ0) is 26.7. The normalized spacial score (nSPS) is 16.2. The van der Waals surface area contributed by atoms with Crippen molar-refractivity contribution in [3.8, 4) is 38.5 Å². The third-order valence-electron chi connectivity index (χ3n) is 6.81. The number of aliphatic hydroxyl groups excluding tert-OH is 1. The quantitative estimate of drug-likeness (QED) is 0.351. The number of nitrogens with zero attached hydrogens (tertiary/aromatic N) is 3. The van der Waals surface area contributed by atoms with Crippen molar-refractivity contribution < 1.29 is 27.6 Å². The van der Waals surface area contributed by atoms with Gasteiger partial charge in [-0.1, -0.05) is 53.7 Å². The maximum Gasteiger partial charge on any atom is 0.422 e. The van der Waals surface area contributed by atoms with Gasteiger partial charge in [-0.3, -0.25) is 4.79 Å². The van der Waals surface area contributed by atoms with Gasteiger partial charge < -0.3 is 14.9 Å². The highest BCUT2D eigenvalue weighted by Gasteiger charge is 2.46. The number of nitrogens with one attached hydrogen (secondary N) is 1. The fourth-order valence-corrected chi connectivity index (χ4v) is 5.79. The van der Waals surface area contributed by atoms with Crippen LogP contribution in [0.25, 0.3) is 32.5 Å². The molecule has 0 spiro atoms. The number of hydrogen-bond donors (Lipinski definition) is 2. The summed E-state index contributed by atoms with van der Waals surface area (Å²) in [7, 11) is 0. The van der Waals surface area contributed by atoms with Crippen LogP contribution in [0.3, 0.4) is 0 Å². The molecule has 1 saturated carbocycles. The summed E-state index contributed by atoms with van der Waals surface area (Å²) in [6, 6.07) is 15.2. The predicted octanol–water partition coefficient (Wildman–Crippen LogP) is 5.46. The Kier molecular flexibility index (Phi) is 5.63. The molecule has 2 aliphatic carbocycles. The van der Waals surface area contributed by atoms with E-state index in [0.717, 1.165) is 22.5 Å². The number of fused-ring (bicyclic) bond motifs is 3. The highest BCUT2D eigenvalue weighted by Crippen LogP contribution is 2.47. The van der Waals surface area contributed by atoms with Crippen LogP contribution in [-0.2, 0) is 23.8 Å². The maximum absolute atomic E-state index is 14.2. The second-order valence-electron chi connectivity index (χ2n) is 9.40. The van der Waals surface area contributed by atoms with Gasteiger partial charge in [-0.25, -0.2) is 4.98 Å². The Balaban J connectivity index is 1.34. The fourth-order valence-electron chi connectivity index (χ4n) is 4.63. The average molecular weight is 537 g/mol. The van der Waals surface area contributed by atoms with Gasteiger partial charge in [0, 0.05) is 5.56 Å². The lowest BCUT2D eigenvalue weighted by atomic mass is 9.91. The highest BCUT2D eigenvalue weighted by molar-refractivity contribution is 7.18. The lowest BCUT2D eigenvalue weighted by Gasteiger charge is -2.19. The molecule has 1 amide bonds. The van der Waals surface area contributed by atoms with Gasteiger partial charge in [0.2, 0.25) is 5.76 Å². The Hall–Kier alpha value is -4.01. The molecular formula is C27H19F3N4O3S. The van der Waals surface area contributed by atoms with Crippen molar-refractivity contribution in [1.82, 2.24) is 15.5 Å². The van der Waals surface area contributed by atoms with E-state index in [-0.39, 0.29) is 10.7 Å². The largest absolute Gasteiger partial charge is 0.422 e. The molecule has 0 saturated heterocycles. The summed E-state index contributed by atoms with van der Waals surface area (Å²) < 4.78 is 47.7. The van der Waals surface area contributed by atoms with Crippen LogP contribution in [-0.4, -0.2) is 26.7 Å². The number of aliphatic hydroxyl groups is 1. The third-order valence-corrected chi connectivity index (χ3v) is 7.94. The maximum atomic E-state index is 14.2. The van der Waals surface area contributed by atoms with Gasteiger partial charge in [-0.15, -0.1) is 11.3 Å². The van der Waals surface area contributed by atoms with E-state index in [9.17, 15) is 28.3 Å². The molecule has 2 N–H and O–H groups in total. The monoisotopic (exact) mass is 536 g/mol. The second-order valence-corrected chi connectivity index (χ2v) is 10.4. The van der Waals surface area contributed by atoms with Gasteiger partial charge >= 0.3 is 6.18 Å². The number of rotatable bonds is 5. The van der Waals surface area contributed by atoms with Crippen molar-refractivity contribution >= 4 is 17.2 Å². The molecule has 2 heterocycles. The smallest absolute Gasteiger partial charge is 0.378 e. The van der Waals surface area contributed by atoms with E-state index >= 15 is 0 Å². The van der Waals surface area contributed by atoms with Crippen LogP contribution in [0.5, 0.6) is 0 Å². The van der Waals surface area contributed by atoms with E-state index in [4.69, 9.17) is 4.52 Å². The van der Waals surface area contributed by atoms with Gasteiger partial charge in [0.1, 0.15) is 16.8 Å². The average Bonchev–Trinajstić information content (AvgIpc) is 3.33. The molecule has 4 aromatic rings. The number of benzene rings is 2. The molecule has 38 heavy (non-hydrogen) atoms. The van der Waals surface area contributed by atoms with Crippen LogP contribution in [0.1, 0.15) is 41.3 Å². The highest BCUT2D eigenvalue weighted by atomic mass is 32.1. The SMILES string of the molecule is N#CC1(NC(=O)[C@H](O)c2ccc3c(c2)CCc2nc(-c4onc(-c5ccccc5)c4C(F)(F)F)sc2-3)CC1. The molecule has 0 unspecified atom stereocenters. The number of nitriles is 1. The van der Waals surface area contributed by atoms with Crippen molar-refractivity contribution in [1.29, 1.82) is 5.26 Å². The van der Waals surface area contributed by atoms with Crippen LogP contribution >= 0.6 is 11.3 Å². The summed E-state index contributed by atoms with van der Waals surface area (Å²) in [6.45, 7) is 0. The zero-order valence-corrected chi connectivity index (χ0v) is 20.5. The molecule has 1 fully saturated rings. The van der Waals surface area contributed by atoms with Crippen molar-refractivity contribution in [3.05, 3.63) is 70.9 Å². The molecule has 0 radical (unpaired) electrons. The van der Waals surface area contributed by atoms with Gasteiger partial charge in [-0.05, 0) is 42.4 Å². The number of alkyl halides is 3. The lowest BCUT2D eigenvalue weighted by molar-refractivity contribution is -0.136. The molecule has 0 aliphatic heterocycles. The molecule has 1 atom stereocenters. The van der Waals surface area contributed by atoms with E-state index in [0.29, 0.717) is 47.4 Å². The van der Waals surface area contributed by atoms with Gasteiger partial charge in [-0.2, -0.15) is 18.4 Å². The van der Waals surface area contributed by atoms with Crippen LogP contribution in [0.15, 0.2) is 53.1 Å². The Labute approximate surface area is 218 Å². The van der Waals surface area contributed by atoms with Gasteiger partial charge in [0.25, 0.3) is 5.91 Å². The summed E-state index contributed by atoms with van der Waals surface area (Å²) in [5, 5.41) is 26.2. The van der Waals surface area contributed by atoms with Crippen molar-refractivity contribution in [3.63, 3.8) is 0 Å². The van der Waals surface area contributed by atoms with E-state index in [1.165, 1.54) is 12.1 Å². The first-order valence-electron chi connectivity index (χ1n) is 11.9. The van der Waals surface area contributed by atoms with Gasteiger partial charge in [0.15, 0.2) is 11.1 Å². The number of amides is 1. The van der Waals surface area contributed by atoms with Crippen LogP contribution in [0.2, 0.25) is 0 Å². The second kappa shape index (κ2) is 8.79. The van der Waals surface area contributed by atoms with E-state index in [1.54, 1.807) is 36.4 Å². The summed E-state index contributed by atoms with van der Waals surface area (Å²) >= 11 is 1.09. The van der Waals surface area contributed by atoms with E-state index in [1.807, 2.05) is 0 Å². The summed E-state index contributed by atoms with van der Waals surface area (Å²) in [4.78, 5) is 17.7. The number of hydrogen-bond acceptors (Lipinski definition) is 7. The molecule has 2 aliphatic rings. The van der Waals surface area contributed by atoms with E-state index < -0.39 is 35.1 Å². The standard InChI is InChI=1S/C27H19F3N4O3S/c28-27(29,30)19-20(14-4-2-1-3-5-14)34-37-22(19)25-32-18-9-7-15-12-16(6-8-17(15)23(18)38-25)21(35)24(36)33-26(13-31)10-11-26/h1-6,8,12,21,35H,7,9-11H2,(H,33,36)/t21-/m1/s1. The number of carbonyl (C=O) groups excluding carboxylic acids is 1. The molecule has 2 aromatic heterocycles. The summed E-state index contributed by atoms with van der Waals surface area (Å²) in [6.07, 6.45) is -4.03. The van der Waals surface area contributed by atoms with Crippen molar-refractivity contribution in [2.24, 2.45) is 0 Å². The van der Waals surface area contributed by atoms with Crippen molar-refractivity contribution in [2.45, 2.75) is 43.5 Å². The molecular weight excluding hydrogens is 517 g/mol. The molecule has 6 rings (SSSR count). The van der Waals surface area contributed by atoms with Gasteiger partial charge in [0.05, 0.1) is 16.6 Å². The van der Waals surface area contributed by atoms with E-state index in [2.05, 4.69) is 21.5 Å². The number of halogens is 3. The summed E-state index contributed by atoms with van der Waals surface area (Å²) in [5.74, 6) is -1.06. The zero-order valence-electron chi connectivity index (χ0n) is 19.7. The predicted molar refractivity (Wildman–Crippen MR) is 132 cm³/mol. The molecule has 192 valence electrons. The third kappa shape index (κ3) is 4.15. The summed E-state index contributed by atoms with van der Waals surface area (Å²) in [5.41, 5.74) is 0.795. The van der Waals surface area contributed by atoms with Crippen LogP contribution in [0.4, 0.5) is 13.2 Å². The lowest BCUT2D eigenvalue weighted by Crippen LogP contribution is -2.38. The number of aromatic nitrogens is 2.